The molecule has 0 radical (unpaired) electrons. The molecule has 0 aliphatic carbocycles. The Hall–Kier alpha value is -1.96. The summed E-state index contributed by atoms with van der Waals surface area (Å²) in [4.78, 5) is 0. The highest BCUT2D eigenvalue weighted by molar-refractivity contribution is 5.52. The van der Waals surface area contributed by atoms with E-state index in [0.29, 0.717) is 11.5 Å². The van der Waals surface area contributed by atoms with Crippen LogP contribution in [0.5, 0.6) is 11.5 Å². The second-order valence-electron chi connectivity index (χ2n) is 6.53. The maximum atomic E-state index is 9.86. The van der Waals surface area contributed by atoms with Crippen LogP contribution in [0.1, 0.15) is 47.2 Å². The normalized spacial score (nSPS) is 11.7. The summed E-state index contributed by atoms with van der Waals surface area (Å²) in [5, 5.41) is 19.7. The highest BCUT2D eigenvalue weighted by atomic mass is 16.3. The van der Waals surface area contributed by atoms with E-state index in [9.17, 15) is 10.2 Å². The number of hydrogen-bond donors (Lipinski definition) is 2. The van der Waals surface area contributed by atoms with Crippen LogP contribution in [-0.2, 0) is 5.41 Å². The third kappa shape index (κ3) is 2.63. The smallest absolute Gasteiger partial charge is 0.118 e. The van der Waals surface area contributed by atoms with Crippen LogP contribution in [0.15, 0.2) is 24.3 Å². The van der Waals surface area contributed by atoms with Crippen LogP contribution in [0.3, 0.4) is 0 Å². The van der Waals surface area contributed by atoms with Gasteiger partial charge < -0.3 is 10.2 Å². The molecule has 0 saturated heterocycles. The van der Waals surface area contributed by atoms with Gasteiger partial charge in [-0.05, 0) is 73.2 Å². The van der Waals surface area contributed by atoms with Crippen molar-refractivity contribution in [3.8, 4) is 11.5 Å². The first-order chi connectivity index (χ1) is 9.64. The molecule has 2 N–H and O–H groups in total. The van der Waals surface area contributed by atoms with E-state index in [4.69, 9.17) is 0 Å². The average Bonchev–Trinajstić information content (AvgIpc) is 2.37. The summed E-state index contributed by atoms with van der Waals surface area (Å²) in [6, 6.07) is 7.78. The molecular formula is C19H24O2. The van der Waals surface area contributed by atoms with Gasteiger partial charge in [-0.2, -0.15) is 0 Å². The van der Waals surface area contributed by atoms with Crippen molar-refractivity contribution in [1.82, 2.24) is 0 Å². The summed E-state index contributed by atoms with van der Waals surface area (Å²) >= 11 is 0. The predicted molar refractivity (Wildman–Crippen MR) is 87.3 cm³/mol. The van der Waals surface area contributed by atoms with E-state index < -0.39 is 0 Å². The predicted octanol–water partition coefficient (Wildman–Crippen LogP) is 4.66. The zero-order valence-corrected chi connectivity index (χ0v) is 13.7. The fourth-order valence-corrected chi connectivity index (χ4v) is 3.09. The Morgan fingerprint density at radius 3 is 1.29 bits per heavy atom. The van der Waals surface area contributed by atoms with Crippen LogP contribution >= 0.6 is 0 Å². The molecule has 2 aromatic rings. The van der Waals surface area contributed by atoms with Crippen LogP contribution in [0.2, 0.25) is 0 Å². The molecule has 0 atom stereocenters. The van der Waals surface area contributed by atoms with Crippen molar-refractivity contribution in [2.24, 2.45) is 0 Å². The van der Waals surface area contributed by atoms with Crippen LogP contribution in [0.25, 0.3) is 0 Å². The Bertz CT molecular complexity index is 638. The van der Waals surface area contributed by atoms with Gasteiger partial charge in [0.2, 0.25) is 0 Å². The van der Waals surface area contributed by atoms with E-state index in [2.05, 4.69) is 26.0 Å². The van der Waals surface area contributed by atoms with Crippen molar-refractivity contribution in [3.05, 3.63) is 57.6 Å². The lowest BCUT2D eigenvalue weighted by molar-refractivity contribution is 0.468. The first-order valence-corrected chi connectivity index (χ1v) is 7.26. The second-order valence-corrected chi connectivity index (χ2v) is 6.53. The molecule has 0 aliphatic rings. The number of phenolic OH excluding ortho intramolecular Hbond substituents is 2. The topological polar surface area (TPSA) is 40.5 Å². The minimum atomic E-state index is -0.189. The van der Waals surface area contributed by atoms with Crippen molar-refractivity contribution < 1.29 is 10.2 Å². The Morgan fingerprint density at radius 2 is 0.952 bits per heavy atom. The third-order valence-electron chi connectivity index (χ3n) is 4.43. The molecule has 0 amide bonds. The van der Waals surface area contributed by atoms with Gasteiger partial charge in [-0.15, -0.1) is 0 Å². The number of hydrogen-bond acceptors (Lipinski definition) is 2. The number of aromatic hydroxyl groups is 2. The molecule has 0 bridgehead atoms. The van der Waals surface area contributed by atoms with Crippen LogP contribution in [0.4, 0.5) is 0 Å². The minimum Gasteiger partial charge on any atom is -0.508 e. The van der Waals surface area contributed by atoms with Crippen molar-refractivity contribution in [1.29, 1.82) is 0 Å². The maximum Gasteiger partial charge on any atom is 0.118 e. The zero-order chi connectivity index (χ0) is 15.9. The van der Waals surface area contributed by atoms with Gasteiger partial charge in [0.05, 0.1) is 0 Å². The Labute approximate surface area is 127 Å². The first kappa shape index (κ1) is 15.4. The van der Waals surface area contributed by atoms with Gasteiger partial charge in [-0.25, -0.2) is 0 Å². The van der Waals surface area contributed by atoms with Gasteiger partial charge in [-0.3, -0.25) is 0 Å². The molecule has 0 aliphatic heterocycles. The van der Waals surface area contributed by atoms with E-state index in [1.807, 2.05) is 39.8 Å². The lowest BCUT2D eigenvalue weighted by atomic mass is 9.73. The summed E-state index contributed by atoms with van der Waals surface area (Å²) in [7, 11) is 0. The standard InChI is InChI=1S/C19H24O2/c1-11-9-17(20)13(3)7-15(11)19(5,6)16-8-14(4)18(21)10-12(16)2/h7-10,20-21H,1-6H3. The molecule has 0 saturated carbocycles. The maximum absolute atomic E-state index is 9.86. The van der Waals surface area contributed by atoms with E-state index >= 15 is 0 Å². The number of phenols is 2. The molecule has 112 valence electrons. The van der Waals surface area contributed by atoms with Gasteiger partial charge in [0.25, 0.3) is 0 Å². The largest absolute Gasteiger partial charge is 0.508 e. The Balaban J connectivity index is 2.67. The molecule has 2 aromatic carbocycles. The SMILES string of the molecule is Cc1cc(C(C)(C)c2cc(C)c(O)cc2C)c(C)cc1O. The van der Waals surface area contributed by atoms with Gasteiger partial charge in [0, 0.05) is 5.41 Å². The third-order valence-corrected chi connectivity index (χ3v) is 4.43. The summed E-state index contributed by atoms with van der Waals surface area (Å²) < 4.78 is 0. The molecule has 2 nitrogen and oxygen atoms in total. The van der Waals surface area contributed by atoms with Crippen LogP contribution < -0.4 is 0 Å². The van der Waals surface area contributed by atoms with Crippen LogP contribution in [-0.4, -0.2) is 10.2 Å². The Kier molecular flexibility index (Phi) is 3.75. The fourth-order valence-electron chi connectivity index (χ4n) is 3.09. The highest BCUT2D eigenvalue weighted by Gasteiger charge is 2.27. The molecule has 2 rings (SSSR count). The quantitative estimate of drug-likeness (QED) is 0.842. The number of benzene rings is 2. The van der Waals surface area contributed by atoms with Crippen molar-refractivity contribution in [2.45, 2.75) is 47.0 Å². The number of rotatable bonds is 2. The molecule has 0 aromatic heterocycles. The Morgan fingerprint density at radius 1 is 0.619 bits per heavy atom. The van der Waals surface area contributed by atoms with Gasteiger partial charge in [0.15, 0.2) is 0 Å². The van der Waals surface area contributed by atoms with Crippen molar-refractivity contribution in [2.75, 3.05) is 0 Å². The molecule has 0 fully saturated rings. The lowest BCUT2D eigenvalue weighted by Gasteiger charge is -2.30. The number of aryl methyl sites for hydroxylation is 4. The molecule has 21 heavy (non-hydrogen) atoms. The van der Waals surface area contributed by atoms with E-state index in [1.165, 1.54) is 11.1 Å². The van der Waals surface area contributed by atoms with Crippen molar-refractivity contribution in [3.63, 3.8) is 0 Å². The second kappa shape index (κ2) is 5.10. The van der Waals surface area contributed by atoms with Gasteiger partial charge >= 0.3 is 0 Å². The molecule has 0 spiro atoms. The molecular weight excluding hydrogens is 260 g/mol. The molecule has 0 unspecified atom stereocenters. The zero-order valence-electron chi connectivity index (χ0n) is 13.7. The van der Waals surface area contributed by atoms with E-state index in [1.54, 1.807) is 0 Å². The molecule has 0 heterocycles. The summed E-state index contributed by atoms with van der Waals surface area (Å²) in [5.74, 6) is 0.677. The average molecular weight is 284 g/mol. The highest BCUT2D eigenvalue weighted by Crippen LogP contribution is 2.39. The summed E-state index contributed by atoms with van der Waals surface area (Å²) in [6.07, 6.45) is 0. The van der Waals surface area contributed by atoms with E-state index in [0.717, 1.165) is 22.3 Å². The van der Waals surface area contributed by atoms with Gasteiger partial charge in [0.1, 0.15) is 11.5 Å². The minimum absolute atomic E-state index is 0.189. The van der Waals surface area contributed by atoms with Crippen molar-refractivity contribution >= 4 is 0 Å². The van der Waals surface area contributed by atoms with Crippen LogP contribution in [0, 0.1) is 27.7 Å². The fraction of sp³-hybridized carbons (Fsp3) is 0.368. The van der Waals surface area contributed by atoms with Gasteiger partial charge in [-0.1, -0.05) is 26.0 Å². The summed E-state index contributed by atoms with van der Waals surface area (Å²) in [5.41, 5.74) is 6.14. The summed E-state index contributed by atoms with van der Waals surface area (Å²) in [6.45, 7) is 12.3. The monoisotopic (exact) mass is 284 g/mol. The lowest BCUT2D eigenvalue weighted by Crippen LogP contribution is -2.22. The first-order valence-electron chi connectivity index (χ1n) is 7.26. The molecule has 2 heteroatoms. The van der Waals surface area contributed by atoms with E-state index in [-0.39, 0.29) is 5.41 Å².